The molecule has 0 aliphatic rings. The Labute approximate surface area is 132 Å². The fourth-order valence-corrected chi connectivity index (χ4v) is 2.56. The Hall–Kier alpha value is -1.94. The molecule has 3 nitrogen and oxygen atoms in total. The molecule has 0 saturated carbocycles. The molecule has 0 aromatic heterocycles. The van der Waals surface area contributed by atoms with E-state index in [1.807, 2.05) is 36.4 Å². The quantitative estimate of drug-likeness (QED) is 0.456. The van der Waals surface area contributed by atoms with Crippen LogP contribution in [0.15, 0.2) is 60.7 Å². The van der Waals surface area contributed by atoms with Crippen molar-refractivity contribution < 1.29 is 14.3 Å². The number of hydrogen-bond acceptors (Lipinski definition) is 3. The van der Waals surface area contributed by atoms with E-state index in [1.165, 1.54) is 0 Å². The van der Waals surface area contributed by atoms with Crippen LogP contribution in [-0.2, 0) is 9.53 Å². The first-order valence-electron chi connectivity index (χ1n) is 6.58. The van der Waals surface area contributed by atoms with Crippen LogP contribution in [0.5, 0.6) is 0 Å². The second kappa shape index (κ2) is 7.74. The predicted molar refractivity (Wildman–Crippen MR) is 84.7 cm³/mol. The lowest BCUT2D eigenvalue weighted by Gasteiger charge is -2.13. The van der Waals surface area contributed by atoms with Crippen LogP contribution < -0.4 is 0 Å². The molecule has 0 saturated heterocycles. The standard InChI is InChI=1S/C17H15BrO3/c18-11-15(13-7-3-1-4-8-13)17(20)21-12-16(19)14-9-5-2-6-10-14/h1-10,15H,11-12H2. The van der Waals surface area contributed by atoms with Gasteiger partial charge in [-0.1, -0.05) is 76.6 Å². The Morgan fingerprint density at radius 3 is 2.10 bits per heavy atom. The third-order valence-electron chi connectivity index (χ3n) is 3.08. The molecule has 0 heterocycles. The first-order valence-corrected chi connectivity index (χ1v) is 7.70. The van der Waals surface area contributed by atoms with Crippen molar-refractivity contribution in [3.8, 4) is 0 Å². The molecule has 0 aliphatic heterocycles. The normalized spacial score (nSPS) is 11.7. The smallest absolute Gasteiger partial charge is 0.314 e. The summed E-state index contributed by atoms with van der Waals surface area (Å²) in [5.41, 5.74) is 1.41. The van der Waals surface area contributed by atoms with Gasteiger partial charge < -0.3 is 4.74 Å². The van der Waals surface area contributed by atoms with Gasteiger partial charge in [0.2, 0.25) is 0 Å². The number of rotatable bonds is 6. The maximum Gasteiger partial charge on any atom is 0.314 e. The van der Waals surface area contributed by atoms with Crippen molar-refractivity contribution in [3.05, 3.63) is 71.8 Å². The highest BCUT2D eigenvalue weighted by atomic mass is 79.9. The SMILES string of the molecule is O=C(COC(=O)C(CBr)c1ccccc1)c1ccccc1. The van der Waals surface area contributed by atoms with E-state index in [2.05, 4.69) is 15.9 Å². The van der Waals surface area contributed by atoms with E-state index in [0.29, 0.717) is 10.9 Å². The third kappa shape index (κ3) is 4.26. The van der Waals surface area contributed by atoms with Crippen molar-refractivity contribution in [1.82, 2.24) is 0 Å². The van der Waals surface area contributed by atoms with Crippen LogP contribution in [0.1, 0.15) is 21.8 Å². The molecule has 0 radical (unpaired) electrons. The summed E-state index contributed by atoms with van der Waals surface area (Å²) >= 11 is 3.32. The van der Waals surface area contributed by atoms with Crippen molar-refractivity contribution in [2.24, 2.45) is 0 Å². The van der Waals surface area contributed by atoms with Gasteiger partial charge in [-0.25, -0.2) is 0 Å². The lowest BCUT2D eigenvalue weighted by atomic mass is 10.0. The van der Waals surface area contributed by atoms with Gasteiger partial charge in [0.25, 0.3) is 0 Å². The second-order valence-electron chi connectivity index (χ2n) is 4.51. The molecule has 0 N–H and O–H groups in total. The van der Waals surface area contributed by atoms with Gasteiger partial charge in [0.15, 0.2) is 12.4 Å². The Kier molecular flexibility index (Phi) is 5.69. The predicted octanol–water partition coefficient (Wildman–Crippen LogP) is 3.59. The van der Waals surface area contributed by atoms with E-state index >= 15 is 0 Å². The molecule has 21 heavy (non-hydrogen) atoms. The Bertz CT molecular complexity index is 596. The van der Waals surface area contributed by atoms with Gasteiger partial charge in [0.05, 0.1) is 5.92 Å². The lowest BCUT2D eigenvalue weighted by molar-refractivity contribution is -0.143. The highest BCUT2D eigenvalue weighted by Crippen LogP contribution is 2.19. The molecular weight excluding hydrogens is 332 g/mol. The Morgan fingerprint density at radius 1 is 0.952 bits per heavy atom. The minimum Gasteiger partial charge on any atom is -0.457 e. The minimum atomic E-state index is -0.408. The van der Waals surface area contributed by atoms with E-state index in [-0.39, 0.29) is 12.4 Å². The van der Waals surface area contributed by atoms with Crippen molar-refractivity contribution in [3.63, 3.8) is 0 Å². The van der Waals surface area contributed by atoms with Crippen molar-refractivity contribution >= 4 is 27.7 Å². The summed E-state index contributed by atoms with van der Waals surface area (Å²) in [5, 5.41) is 0.454. The Morgan fingerprint density at radius 2 is 1.52 bits per heavy atom. The van der Waals surface area contributed by atoms with Gasteiger partial charge in [-0.2, -0.15) is 0 Å². The van der Waals surface area contributed by atoms with Crippen LogP contribution in [0, 0.1) is 0 Å². The van der Waals surface area contributed by atoms with Crippen LogP contribution in [-0.4, -0.2) is 23.7 Å². The first kappa shape index (κ1) is 15.4. The van der Waals surface area contributed by atoms with Crippen LogP contribution in [0.3, 0.4) is 0 Å². The summed E-state index contributed by atoms with van der Waals surface area (Å²) in [6.07, 6.45) is 0. The monoisotopic (exact) mass is 346 g/mol. The number of carbonyl (C=O) groups excluding carboxylic acids is 2. The highest BCUT2D eigenvalue weighted by Gasteiger charge is 2.21. The van der Waals surface area contributed by atoms with Gasteiger partial charge in [-0.05, 0) is 5.56 Å². The molecule has 1 unspecified atom stereocenters. The summed E-state index contributed by atoms with van der Waals surface area (Å²) in [7, 11) is 0. The lowest BCUT2D eigenvalue weighted by Crippen LogP contribution is -2.21. The fourth-order valence-electron chi connectivity index (χ4n) is 1.92. The topological polar surface area (TPSA) is 43.4 Å². The molecule has 1 atom stereocenters. The zero-order valence-electron chi connectivity index (χ0n) is 11.4. The molecule has 0 aliphatic carbocycles. The number of Topliss-reactive ketones (excluding diaryl/α,β-unsaturated/α-hetero) is 1. The highest BCUT2D eigenvalue weighted by molar-refractivity contribution is 9.09. The maximum absolute atomic E-state index is 12.1. The van der Waals surface area contributed by atoms with Gasteiger partial charge >= 0.3 is 5.97 Å². The molecule has 2 aromatic rings. The Balaban J connectivity index is 1.96. The minimum absolute atomic E-state index is 0.203. The third-order valence-corrected chi connectivity index (χ3v) is 3.73. The van der Waals surface area contributed by atoms with E-state index in [4.69, 9.17) is 4.74 Å². The number of esters is 1. The number of hydrogen-bond donors (Lipinski definition) is 0. The summed E-state index contributed by atoms with van der Waals surface area (Å²) in [6.45, 7) is -0.237. The summed E-state index contributed by atoms with van der Waals surface area (Å²) in [6, 6.07) is 18.2. The summed E-state index contributed by atoms with van der Waals surface area (Å²) < 4.78 is 5.15. The van der Waals surface area contributed by atoms with E-state index in [1.54, 1.807) is 24.3 Å². The largest absolute Gasteiger partial charge is 0.457 e. The molecule has 0 bridgehead atoms. The number of carbonyl (C=O) groups is 2. The zero-order valence-corrected chi connectivity index (χ0v) is 13.0. The summed E-state index contributed by atoms with van der Waals surface area (Å²) in [5.74, 6) is -1.01. The maximum atomic E-state index is 12.1. The molecular formula is C17H15BrO3. The number of ether oxygens (including phenoxy) is 1. The van der Waals surface area contributed by atoms with Crippen LogP contribution in [0.4, 0.5) is 0 Å². The molecule has 0 amide bonds. The van der Waals surface area contributed by atoms with E-state index in [9.17, 15) is 9.59 Å². The van der Waals surface area contributed by atoms with Crippen LogP contribution in [0.2, 0.25) is 0 Å². The molecule has 0 spiro atoms. The molecule has 108 valence electrons. The van der Waals surface area contributed by atoms with Crippen molar-refractivity contribution in [1.29, 1.82) is 0 Å². The van der Waals surface area contributed by atoms with Crippen molar-refractivity contribution in [2.75, 3.05) is 11.9 Å². The van der Waals surface area contributed by atoms with Gasteiger partial charge in [0.1, 0.15) is 0 Å². The molecule has 2 aromatic carbocycles. The molecule has 0 fully saturated rings. The second-order valence-corrected chi connectivity index (χ2v) is 5.16. The van der Waals surface area contributed by atoms with Gasteiger partial charge in [-0.15, -0.1) is 0 Å². The van der Waals surface area contributed by atoms with Crippen molar-refractivity contribution in [2.45, 2.75) is 5.92 Å². The van der Waals surface area contributed by atoms with Crippen LogP contribution >= 0.6 is 15.9 Å². The van der Waals surface area contributed by atoms with Gasteiger partial charge in [0, 0.05) is 10.9 Å². The average molecular weight is 347 g/mol. The number of benzene rings is 2. The summed E-state index contributed by atoms with van der Waals surface area (Å²) in [4.78, 5) is 24.0. The average Bonchev–Trinajstić information content (AvgIpc) is 2.55. The molecule has 2 rings (SSSR count). The molecule has 4 heteroatoms. The number of halogens is 1. The van der Waals surface area contributed by atoms with E-state index in [0.717, 1.165) is 5.56 Å². The zero-order chi connectivity index (χ0) is 15.1. The van der Waals surface area contributed by atoms with Crippen LogP contribution in [0.25, 0.3) is 0 Å². The van der Waals surface area contributed by atoms with Gasteiger partial charge in [-0.3, -0.25) is 9.59 Å². The fraction of sp³-hybridized carbons (Fsp3) is 0.176. The number of ketones is 1. The number of alkyl halides is 1. The first-order chi connectivity index (χ1) is 10.2. The van der Waals surface area contributed by atoms with E-state index < -0.39 is 11.9 Å².